The van der Waals surface area contributed by atoms with Crippen LogP contribution in [0.4, 0.5) is 4.79 Å². The van der Waals surface area contributed by atoms with E-state index in [9.17, 15) is 4.79 Å². The van der Waals surface area contributed by atoms with Crippen LogP contribution in [0.5, 0.6) is 0 Å². The Bertz CT molecular complexity index is 799. The highest BCUT2D eigenvalue weighted by atomic mass is 16.6. The largest absolute Gasteiger partial charge is 0.446 e. The number of nitrogens with two attached hydrogens (primary N) is 1. The average Bonchev–Trinajstić information content (AvgIpc) is 2.98. The number of hydrogen-bond donors (Lipinski definition) is 2. The summed E-state index contributed by atoms with van der Waals surface area (Å²) in [5.74, 6) is 0. The van der Waals surface area contributed by atoms with Crippen LogP contribution in [0, 0.1) is 0 Å². The van der Waals surface area contributed by atoms with E-state index < -0.39 is 6.09 Å². The number of aromatic nitrogens is 4. The summed E-state index contributed by atoms with van der Waals surface area (Å²) in [6.45, 7) is 0. The van der Waals surface area contributed by atoms with Crippen LogP contribution in [-0.4, -0.2) is 31.7 Å². The van der Waals surface area contributed by atoms with Crippen molar-refractivity contribution in [3.8, 4) is 0 Å². The lowest BCUT2D eigenvalue weighted by Gasteiger charge is -2.35. The van der Waals surface area contributed by atoms with E-state index in [0.29, 0.717) is 0 Å². The molecule has 0 radical (unpaired) electrons. The normalized spacial score (nSPS) is 22.0. The number of H-pyrrole nitrogens is 1. The molecule has 3 N–H and O–H groups in total. The number of amides is 1. The minimum atomic E-state index is -0.707. The van der Waals surface area contributed by atoms with E-state index in [1.165, 1.54) is 0 Å². The number of aromatic amines is 1. The van der Waals surface area contributed by atoms with Gasteiger partial charge >= 0.3 is 6.09 Å². The van der Waals surface area contributed by atoms with E-state index in [-0.39, 0.29) is 12.1 Å². The Kier molecular flexibility index (Phi) is 2.23. The second kappa shape index (κ2) is 3.96. The highest BCUT2D eigenvalue weighted by molar-refractivity contribution is 6.00. The maximum absolute atomic E-state index is 10.7. The molecule has 1 aliphatic rings. The van der Waals surface area contributed by atoms with E-state index in [1.807, 2.05) is 18.6 Å². The van der Waals surface area contributed by atoms with E-state index in [4.69, 9.17) is 10.5 Å². The second-order valence-corrected chi connectivity index (χ2v) is 5.07. The predicted octanol–water partition coefficient (Wildman–Crippen LogP) is 1.71. The Balaban J connectivity index is 1.71. The zero-order valence-corrected chi connectivity index (χ0v) is 10.6. The van der Waals surface area contributed by atoms with Gasteiger partial charge in [0.05, 0.1) is 18.0 Å². The zero-order chi connectivity index (χ0) is 13.7. The van der Waals surface area contributed by atoms with Crippen LogP contribution in [-0.2, 0) is 4.74 Å². The first-order chi connectivity index (χ1) is 9.72. The molecule has 0 aliphatic heterocycles. The van der Waals surface area contributed by atoms with Crippen molar-refractivity contribution in [3.63, 3.8) is 0 Å². The average molecular weight is 271 g/mol. The minimum absolute atomic E-state index is 0.0847. The Morgan fingerprint density at radius 3 is 3.10 bits per heavy atom. The molecule has 0 saturated heterocycles. The molecule has 0 aromatic carbocycles. The van der Waals surface area contributed by atoms with Gasteiger partial charge in [0.2, 0.25) is 0 Å². The zero-order valence-electron chi connectivity index (χ0n) is 10.6. The molecule has 0 unspecified atom stereocenters. The van der Waals surface area contributed by atoms with Crippen LogP contribution in [0.2, 0.25) is 0 Å². The summed E-state index contributed by atoms with van der Waals surface area (Å²) >= 11 is 0. The maximum Gasteiger partial charge on any atom is 0.404 e. The van der Waals surface area contributed by atoms with Crippen molar-refractivity contribution in [3.05, 3.63) is 24.8 Å². The van der Waals surface area contributed by atoms with E-state index in [2.05, 4.69) is 19.5 Å². The third-order valence-electron chi connectivity index (χ3n) is 3.86. The number of pyridine rings is 1. The van der Waals surface area contributed by atoms with Gasteiger partial charge in [-0.25, -0.2) is 14.8 Å². The Labute approximate surface area is 113 Å². The van der Waals surface area contributed by atoms with Gasteiger partial charge in [-0.05, 0) is 6.07 Å². The van der Waals surface area contributed by atoms with Gasteiger partial charge in [-0.2, -0.15) is 0 Å². The predicted molar refractivity (Wildman–Crippen MR) is 72.1 cm³/mol. The van der Waals surface area contributed by atoms with Gasteiger partial charge in [-0.3, -0.25) is 0 Å². The summed E-state index contributed by atoms with van der Waals surface area (Å²) in [7, 11) is 0. The van der Waals surface area contributed by atoms with Crippen LogP contribution in [0.25, 0.3) is 22.1 Å². The van der Waals surface area contributed by atoms with Crippen molar-refractivity contribution in [2.24, 2.45) is 5.73 Å². The number of carbonyl (C=O) groups is 1. The first-order valence-corrected chi connectivity index (χ1v) is 6.47. The summed E-state index contributed by atoms with van der Waals surface area (Å²) in [6, 6.07) is 2.28. The van der Waals surface area contributed by atoms with Crippen molar-refractivity contribution in [2.75, 3.05) is 0 Å². The van der Waals surface area contributed by atoms with Crippen molar-refractivity contribution in [1.82, 2.24) is 19.5 Å². The molecule has 102 valence electrons. The summed E-state index contributed by atoms with van der Waals surface area (Å²) in [6.07, 6.45) is 6.20. The van der Waals surface area contributed by atoms with Crippen molar-refractivity contribution in [2.45, 2.75) is 25.0 Å². The monoisotopic (exact) mass is 271 g/mol. The van der Waals surface area contributed by atoms with Gasteiger partial charge in [-0.15, -0.1) is 0 Å². The number of nitrogens with one attached hydrogen (secondary N) is 1. The molecule has 20 heavy (non-hydrogen) atoms. The van der Waals surface area contributed by atoms with Gasteiger partial charge in [0.1, 0.15) is 17.3 Å². The molecule has 1 amide bonds. The fourth-order valence-electron chi connectivity index (χ4n) is 2.83. The van der Waals surface area contributed by atoms with Crippen LogP contribution >= 0.6 is 0 Å². The van der Waals surface area contributed by atoms with Crippen molar-refractivity contribution < 1.29 is 9.53 Å². The number of hydrogen-bond acceptors (Lipinski definition) is 4. The first kappa shape index (κ1) is 11.3. The van der Waals surface area contributed by atoms with Gasteiger partial charge < -0.3 is 20.0 Å². The number of primary amides is 1. The molecule has 7 nitrogen and oxygen atoms in total. The molecular weight excluding hydrogens is 258 g/mol. The molecule has 3 aromatic rings. The summed E-state index contributed by atoms with van der Waals surface area (Å²) in [5.41, 5.74) is 7.82. The molecule has 1 fully saturated rings. The fourth-order valence-corrected chi connectivity index (χ4v) is 2.83. The van der Waals surface area contributed by atoms with Crippen LogP contribution in [0.15, 0.2) is 24.8 Å². The lowest BCUT2D eigenvalue weighted by molar-refractivity contribution is 0.0281. The lowest BCUT2D eigenvalue weighted by atomic mass is 9.89. The number of carbonyl (C=O) groups excluding carboxylic acids is 1. The summed E-state index contributed by atoms with van der Waals surface area (Å²) in [5, 5.41) is 1.05. The van der Waals surface area contributed by atoms with Crippen LogP contribution in [0.3, 0.4) is 0 Å². The smallest absolute Gasteiger partial charge is 0.404 e. The molecule has 0 bridgehead atoms. The molecular formula is C13H13N5O2. The van der Waals surface area contributed by atoms with Crippen molar-refractivity contribution >= 4 is 28.2 Å². The molecule has 3 aromatic heterocycles. The minimum Gasteiger partial charge on any atom is -0.446 e. The lowest BCUT2D eigenvalue weighted by Crippen LogP contribution is -2.36. The molecule has 1 aliphatic carbocycles. The molecule has 3 heterocycles. The number of nitrogens with zero attached hydrogens (tertiary/aromatic N) is 3. The number of imidazole rings is 1. The molecule has 1 saturated carbocycles. The maximum atomic E-state index is 10.7. The summed E-state index contributed by atoms with van der Waals surface area (Å²) in [4.78, 5) is 22.5. The molecule has 7 heteroatoms. The molecule has 0 atom stereocenters. The quantitative estimate of drug-likeness (QED) is 0.741. The van der Waals surface area contributed by atoms with E-state index >= 15 is 0 Å². The van der Waals surface area contributed by atoms with Gasteiger partial charge in [0, 0.05) is 30.5 Å². The number of ether oxygens (including phenoxy) is 1. The first-order valence-electron chi connectivity index (χ1n) is 6.47. The SMILES string of the molecule is NC(=O)O[C@H]1C[C@H](n2cnc3cnc4[nH]ccc4c32)C1. The van der Waals surface area contributed by atoms with E-state index in [1.54, 1.807) is 6.20 Å². The van der Waals surface area contributed by atoms with Crippen LogP contribution < -0.4 is 5.73 Å². The highest BCUT2D eigenvalue weighted by Crippen LogP contribution is 2.37. The molecule has 4 rings (SSSR count). The van der Waals surface area contributed by atoms with Gasteiger partial charge in [0.25, 0.3) is 0 Å². The van der Waals surface area contributed by atoms with Gasteiger partial charge in [0.15, 0.2) is 0 Å². The fraction of sp³-hybridized carbons (Fsp3) is 0.308. The summed E-state index contributed by atoms with van der Waals surface area (Å²) < 4.78 is 7.12. The molecule has 0 spiro atoms. The standard InChI is InChI=1S/C13H13N5O2/c14-13(19)20-8-3-7(4-8)18-6-17-10-5-16-12-9(11(10)18)1-2-15-12/h1-2,5-8H,3-4H2,(H2,14,19)(H,15,16)/t7-,8-. The van der Waals surface area contributed by atoms with Crippen LogP contribution in [0.1, 0.15) is 18.9 Å². The third kappa shape index (κ3) is 1.56. The topological polar surface area (TPSA) is 98.8 Å². The highest BCUT2D eigenvalue weighted by Gasteiger charge is 2.34. The Morgan fingerprint density at radius 1 is 1.45 bits per heavy atom. The van der Waals surface area contributed by atoms with E-state index in [0.717, 1.165) is 34.9 Å². The Hall–Kier alpha value is -2.57. The van der Waals surface area contributed by atoms with Gasteiger partial charge in [-0.1, -0.05) is 0 Å². The third-order valence-corrected chi connectivity index (χ3v) is 3.86. The second-order valence-electron chi connectivity index (χ2n) is 5.07. The Morgan fingerprint density at radius 2 is 2.30 bits per heavy atom. The number of rotatable bonds is 2. The van der Waals surface area contributed by atoms with Crippen molar-refractivity contribution in [1.29, 1.82) is 0 Å². The number of fused-ring (bicyclic) bond motifs is 3.